The van der Waals surface area contributed by atoms with E-state index in [4.69, 9.17) is 9.47 Å². The van der Waals surface area contributed by atoms with Gasteiger partial charge in [-0.25, -0.2) is 0 Å². The lowest BCUT2D eigenvalue weighted by atomic mass is 10.0. The van der Waals surface area contributed by atoms with Crippen LogP contribution in [0, 0.1) is 0 Å². The van der Waals surface area contributed by atoms with Gasteiger partial charge in [-0.15, -0.1) is 0 Å². The summed E-state index contributed by atoms with van der Waals surface area (Å²) in [6.07, 6.45) is 6.45. The first-order valence-corrected chi connectivity index (χ1v) is 7.55. The Labute approximate surface area is 121 Å². The molecule has 1 heterocycles. The average molecular weight is 288 g/mol. The summed E-state index contributed by atoms with van der Waals surface area (Å²) in [6, 6.07) is 0. The van der Waals surface area contributed by atoms with Crippen molar-refractivity contribution in [1.82, 2.24) is 0 Å². The maximum Gasteiger partial charge on any atom is 0.114 e. The van der Waals surface area contributed by atoms with Gasteiger partial charge in [0.15, 0.2) is 0 Å². The van der Waals surface area contributed by atoms with Crippen LogP contribution in [-0.2, 0) is 9.47 Å². The van der Waals surface area contributed by atoms with Gasteiger partial charge in [-0.05, 0) is 25.7 Å². The van der Waals surface area contributed by atoms with Crippen LogP contribution in [0.1, 0.15) is 39.0 Å². The molecule has 20 heavy (non-hydrogen) atoms. The van der Waals surface area contributed by atoms with Gasteiger partial charge in [0.05, 0.1) is 13.2 Å². The minimum absolute atomic E-state index is 0.0362. The van der Waals surface area contributed by atoms with Gasteiger partial charge in [0, 0.05) is 6.61 Å². The second kappa shape index (κ2) is 10.3. The normalized spacial score (nSPS) is 31.0. The number of rotatable bonds is 9. The third-order valence-electron chi connectivity index (χ3n) is 3.46. The highest BCUT2D eigenvalue weighted by Crippen LogP contribution is 2.19. The Morgan fingerprint density at radius 2 is 1.95 bits per heavy atom. The van der Waals surface area contributed by atoms with E-state index in [1.54, 1.807) is 0 Å². The molecular weight excluding hydrogens is 260 g/mol. The van der Waals surface area contributed by atoms with Gasteiger partial charge in [0.1, 0.15) is 24.4 Å². The molecule has 1 aliphatic rings. The Bertz CT molecular complexity index is 267. The molecule has 5 heteroatoms. The highest BCUT2D eigenvalue weighted by molar-refractivity contribution is 4.87. The van der Waals surface area contributed by atoms with Crippen molar-refractivity contribution >= 4 is 0 Å². The van der Waals surface area contributed by atoms with Gasteiger partial charge >= 0.3 is 0 Å². The zero-order valence-electron chi connectivity index (χ0n) is 12.3. The minimum Gasteiger partial charge on any atom is -0.394 e. The quantitative estimate of drug-likeness (QED) is 0.436. The average Bonchev–Trinajstić information content (AvgIpc) is 2.46. The Balaban J connectivity index is 2.18. The first kappa shape index (κ1) is 17.6. The summed E-state index contributed by atoms with van der Waals surface area (Å²) in [6.45, 7) is 2.47. The lowest BCUT2D eigenvalue weighted by Crippen LogP contribution is -2.55. The van der Waals surface area contributed by atoms with Gasteiger partial charge in [-0.2, -0.15) is 0 Å². The smallest absolute Gasteiger partial charge is 0.114 e. The van der Waals surface area contributed by atoms with Gasteiger partial charge in [0.2, 0.25) is 0 Å². The fourth-order valence-electron chi connectivity index (χ4n) is 2.20. The molecule has 1 rings (SSSR count). The van der Waals surface area contributed by atoms with Crippen LogP contribution in [0.5, 0.6) is 0 Å². The summed E-state index contributed by atoms with van der Waals surface area (Å²) in [5, 5.41) is 28.6. The largest absolute Gasteiger partial charge is 0.394 e. The van der Waals surface area contributed by atoms with Crippen molar-refractivity contribution in [3.05, 3.63) is 12.2 Å². The molecule has 0 radical (unpaired) electrons. The zero-order chi connectivity index (χ0) is 14.8. The number of ether oxygens (including phenoxy) is 2. The fraction of sp³-hybridized carbons (Fsp3) is 0.867. The summed E-state index contributed by atoms with van der Waals surface area (Å²) in [5.74, 6) is 0. The van der Waals surface area contributed by atoms with Gasteiger partial charge < -0.3 is 24.8 Å². The molecule has 0 saturated carbocycles. The SMILES string of the molecule is CCC/C=C/CCCCO[C@H]1[C@H](O)[C@@H](O)CO[C@@H]1CO. The van der Waals surface area contributed by atoms with E-state index in [1.807, 2.05) is 0 Å². The second-order valence-corrected chi connectivity index (χ2v) is 5.20. The van der Waals surface area contributed by atoms with Crippen LogP contribution in [-0.4, -0.2) is 59.6 Å². The van der Waals surface area contributed by atoms with Gasteiger partial charge in [-0.1, -0.05) is 25.5 Å². The summed E-state index contributed by atoms with van der Waals surface area (Å²) >= 11 is 0. The summed E-state index contributed by atoms with van der Waals surface area (Å²) in [5.41, 5.74) is 0. The molecule has 1 fully saturated rings. The number of aliphatic hydroxyl groups excluding tert-OH is 3. The lowest BCUT2D eigenvalue weighted by Gasteiger charge is -2.37. The predicted octanol–water partition coefficient (Wildman–Crippen LogP) is 1.01. The molecule has 3 N–H and O–H groups in total. The van der Waals surface area contributed by atoms with Crippen molar-refractivity contribution < 1.29 is 24.8 Å². The minimum atomic E-state index is -0.995. The number of hydrogen-bond donors (Lipinski definition) is 3. The van der Waals surface area contributed by atoms with Crippen molar-refractivity contribution in [2.24, 2.45) is 0 Å². The van der Waals surface area contributed by atoms with E-state index in [9.17, 15) is 15.3 Å². The van der Waals surface area contributed by atoms with Crippen molar-refractivity contribution in [1.29, 1.82) is 0 Å². The van der Waals surface area contributed by atoms with Crippen molar-refractivity contribution in [3.63, 3.8) is 0 Å². The summed E-state index contributed by atoms with van der Waals surface area (Å²) in [7, 11) is 0. The first-order chi connectivity index (χ1) is 9.70. The van der Waals surface area contributed by atoms with E-state index < -0.39 is 24.4 Å². The molecule has 0 amide bonds. The summed E-state index contributed by atoms with van der Waals surface area (Å²) in [4.78, 5) is 0. The molecule has 0 bridgehead atoms. The second-order valence-electron chi connectivity index (χ2n) is 5.20. The molecule has 0 unspecified atom stereocenters. The van der Waals surface area contributed by atoms with E-state index in [2.05, 4.69) is 19.1 Å². The van der Waals surface area contributed by atoms with Crippen LogP contribution < -0.4 is 0 Å². The Kier molecular flexibility index (Phi) is 9.05. The van der Waals surface area contributed by atoms with Gasteiger partial charge in [0.25, 0.3) is 0 Å². The zero-order valence-corrected chi connectivity index (χ0v) is 12.3. The summed E-state index contributed by atoms with van der Waals surface area (Å²) < 4.78 is 10.8. The maximum absolute atomic E-state index is 9.86. The van der Waals surface area contributed by atoms with Gasteiger partial charge in [-0.3, -0.25) is 0 Å². The molecular formula is C15H28O5. The van der Waals surface area contributed by atoms with Crippen LogP contribution in [0.4, 0.5) is 0 Å². The molecule has 1 saturated heterocycles. The Morgan fingerprint density at radius 3 is 2.65 bits per heavy atom. The first-order valence-electron chi connectivity index (χ1n) is 7.55. The van der Waals surface area contributed by atoms with E-state index >= 15 is 0 Å². The molecule has 0 aliphatic carbocycles. The maximum atomic E-state index is 9.86. The number of unbranched alkanes of at least 4 members (excludes halogenated alkanes) is 3. The number of hydrogen-bond acceptors (Lipinski definition) is 5. The van der Waals surface area contributed by atoms with Crippen molar-refractivity contribution in [3.8, 4) is 0 Å². The number of aliphatic hydroxyl groups is 3. The molecule has 0 aromatic carbocycles. The molecule has 5 nitrogen and oxygen atoms in total. The molecule has 0 spiro atoms. The molecule has 1 aliphatic heterocycles. The fourth-order valence-corrected chi connectivity index (χ4v) is 2.20. The topological polar surface area (TPSA) is 79.2 Å². The van der Waals surface area contributed by atoms with Crippen molar-refractivity contribution in [2.75, 3.05) is 19.8 Å². The lowest BCUT2D eigenvalue weighted by molar-refractivity contribution is -0.211. The predicted molar refractivity (Wildman–Crippen MR) is 76.5 cm³/mol. The van der Waals surface area contributed by atoms with E-state index in [0.29, 0.717) is 6.61 Å². The van der Waals surface area contributed by atoms with Crippen LogP contribution in [0.25, 0.3) is 0 Å². The third kappa shape index (κ3) is 5.89. The highest BCUT2D eigenvalue weighted by atomic mass is 16.6. The third-order valence-corrected chi connectivity index (χ3v) is 3.46. The molecule has 118 valence electrons. The monoisotopic (exact) mass is 288 g/mol. The van der Waals surface area contributed by atoms with E-state index in [-0.39, 0.29) is 13.2 Å². The van der Waals surface area contributed by atoms with Crippen LogP contribution in [0.15, 0.2) is 12.2 Å². The Hall–Kier alpha value is -0.460. The molecule has 0 aromatic rings. The standard InChI is InChI=1S/C15H28O5/c1-2-3-4-5-6-7-8-9-19-15-13(10-16)20-11-12(17)14(15)18/h4-5,12-18H,2-3,6-11H2,1H3/b5-4+/t12-,13+,14+,15+/m0/s1. The van der Waals surface area contributed by atoms with E-state index in [0.717, 1.165) is 25.7 Å². The van der Waals surface area contributed by atoms with E-state index in [1.165, 1.54) is 6.42 Å². The van der Waals surface area contributed by atoms with Crippen LogP contribution in [0.3, 0.4) is 0 Å². The molecule has 0 aromatic heterocycles. The highest BCUT2D eigenvalue weighted by Gasteiger charge is 2.39. The van der Waals surface area contributed by atoms with Crippen molar-refractivity contribution in [2.45, 2.75) is 63.4 Å². The Morgan fingerprint density at radius 1 is 1.20 bits per heavy atom. The van der Waals surface area contributed by atoms with Crippen LogP contribution in [0.2, 0.25) is 0 Å². The van der Waals surface area contributed by atoms with Crippen LogP contribution >= 0.6 is 0 Å². The number of allylic oxidation sites excluding steroid dienone is 2. The molecule has 4 atom stereocenters.